The Labute approximate surface area is 117 Å². The Bertz CT molecular complexity index is 258. The van der Waals surface area contributed by atoms with E-state index < -0.39 is 20.8 Å². The topological polar surface area (TPSA) is 161 Å². The molecular formula is C6H12O8S2Ti. The summed E-state index contributed by atoms with van der Waals surface area (Å²) in [5, 5.41) is 0. The minimum atomic E-state index is -5.17. The van der Waals surface area contributed by atoms with Crippen LogP contribution in [0.3, 0.4) is 0 Å². The predicted molar refractivity (Wildman–Crippen MR) is 54.7 cm³/mol. The average Bonchev–Trinajstić information content (AvgIpc) is 2.08. The summed E-state index contributed by atoms with van der Waals surface area (Å²) in [5.41, 5.74) is 0. The van der Waals surface area contributed by atoms with Crippen molar-refractivity contribution in [2.24, 2.45) is 0 Å². The Hall–Kier alpha value is -0.326. The van der Waals surface area contributed by atoms with Crippen LogP contribution < -0.4 is 0 Å². The SMILES string of the molecule is C=C.C=C.C=C.O=S(=O)([O-])[O-].O=S(=O)([O-])[O-].[Ti+4]. The zero-order valence-corrected chi connectivity index (χ0v) is 12.0. The minimum Gasteiger partial charge on any atom is -0.759 e. The van der Waals surface area contributed by atoms with Crippen LogP contribution in [0.5, 0.6) is 0 Å². The quantitative estimate of drug-likeness (QED) is 0.254. The Morgan fingerprint density at radius 3 is 0.529 bits per heavy atom. The molecule has 0 spiro atoms. The van der Waals surface area contributed by atoms with Crippen LogP contribution in [0.4, 0.5) is 0 Å². The Kier molecular flexibility index (Phi) is 52.4. The standard InChI is InChI=1S/3C2H4.2H2O4S.Ti/c3*1-2;2*1-5(2,3)4;/h3*1-2H2;2*(H2,1,2,3,4);/q;;;;;+4/p-4. The third-order valence-electron chi connectivity index (χ3n) is 0. The molecule has 0 saturated carbocycles. The molecule has 0 fully saturated rings. The molecule has 0 amide bonds. The van der Waals surface area contributed by atoms with Crippen molar-refractivity contribution in [2.75, 3.05) is 0 Å². The van der Waals surface area contributed by atoms with Crippen LogP contribution in [0.25, 0.3) is 0 Å². The molecule has 100 valence electrons. The van der Waals surface area contributed by atoms with Gasteiger partial charge in [-0.3, -0.25) is 16.8 Å². The van der Waals surface area contributed by atoms with Crippen molar-refractivity contribution in [2.45, 2.75) is 0 Å². The van der Waals surface area contributed by atoms with Gasteiger partial charge in [0, 0.05) is 20.8 Å². The third-order valence-corrected chi connectivity index (χ3v) is 0. The molecule has 0 aromatic heterocycles. The van der Waals surface area contributed by atoms with E-state index in [1.165, 1.54) is 0 Å². The molecule has 17 heavy (non-hydrogen) atoms. The third kappa shape index (κ3) is 27600. The second-order valence-electron chi connectivity index (χ2n) is 0.816. The van der Waals surface area contributed by atoms with E-state index in [4.69, 9.17) is 35.0 Å². The van der Waals surface area contributed by atoms with E-state index in [2.05, 4.69) is 39.5 Å². The van der Waals surface area contributed by atoms with Crippen LogP contribution in [-0.2, 0) is 42.5 Å². The van der Waals surface area contributed by atoms with Gasteiger partial charge in [-0.05, 0) is 0 Å². The van der Waals surface area contributed by atoms with Gasteiger partial charge in [-0.15, -0.1) is 39.5 Å². The Balaban J connectivity index is -0.0000000238. The van der Waals surface area contributed by atoms with Gasteiger partial charge in [0.05, 0.1) is 0 Å². The molecule has 8 nitrogen and oxygen atoms in total. The monoisotopic (exact) mass is 324 g/mol. The van der Waals surface area contributed by atoms with Gasteiger partial charge in [-0.2, -0.15) is 0 Å². The van der Waals surface area contributed by atoms with Crippen LogP contribution in [0.15, 0.2) is 39.5 Å². The molecule has 0 unspecified atom stereocenters. The summed E-state index contributed by atoms with van der Waals surface area (Å²) in [7, 11) is -10.3. The number of rotatable bonds is 0. The zero-order valence-electron chi connectivity index (χ0n) is 8.83. The molecular weight excluding hydrogens is 312 g/mol. The first-order valence-corrected chi connectivity index (χ1v) is 5.50. The van der Waals surface area contributed by atoms with Gasteiger partial charge >= 0.3 is 21.7 Å². The molecule has 0 aliphatic carbocycles. The van der Waals surface area contributed by atoms with E-state index in [-0.39, 0.29) is 21.7 Å². The summed E-state index contributed by atoms with van der Waals surface area (Å²) in [5.74, 6) is 0. The molecule has 0 heterocycles. The van der Waals surface area contributed by atoms with E-state index in [1.807, 2.05) is 0 Å². The number of hydrogen-bond acceptors (Lipinski definition) is 8. The van der Waals surface area contributed by atoms with Crippen molar-refractivity contribution in [3.05, 3.63) is 39.5 Å². The van der Waals surface area contributed by atoms with Crippen LogP contribution >= 0.6 is 0 Å². The Morgan fingerprint density at radius 1 is 0.529 bits per heavy atom. The van der Waals surface area contributed by atoms with Crippen molar-refractivity contribution in [3.8, 4) is 0 Å². The van der Waals surface area contributed by atoms with Crippen LogP contribution in [0, 0.1) is 0 Å². The number of hydrogen-bond donors (Lipinski definition) is 0. The normalized spacial score (nSPS) is 7.53. The van der Waals surface area contributed by atoms with Crippen LogP contribution in [0.1, 0.15) is 0 Å². The Morgan fingerprint density at radius 2 is 0.529 bits per heavy atom. The molecule has 0 aliphatic rings. The molecule has 0 atom stereocenters. The first-order chi connectivity index (χ1) is 7.00. The second kappa shape index (κ2) is 24.8. The van der Waals surface area contributed by atoms with Gasteiger partial charge in [-0.1, -0.05) is 0 Å². The first kappa shape index (κ1) is 36.0. The first-order valence-electron chi connectivity index (χ1n) is 2.83. The van der Waals surface area contributed by atoms with Gasteiger partial charge in [0.1, 0.15) is 0 Å². The van der Waals surface area contributed by atoms with Crippen LogP contribution in [-0.4, -0.2) is 35.0 Å². The van der Waals surface area contributed by atoms with Gasteiger partial charge in [0.15, 0.2) is 0 Å². The summed E-state index contributed by atoms with van der Waals surface area (Å²) in [6.45, 7) is 18.0. The van der Waals surface area contributed by atoms with Gasteiger partial charge < -0.3 is 18.2 Å². The smallest absolute Gasteiger partial charge is 0.759 e. The summed E-state index contributed by atoms with van der Waals surface area (Å²) < 4.78 is 68.2. The van der Waals surface area contributed by atoms with Crippen molar-refractivity contribution >= 4 is 20.8 Å². The predicted octanol–water partition coefficient (Wildman–Crippen LogP) is -0.272. The molecule has 0 bridgehead atoms. The molecule has 0 radical (unpaired) electrons. The maximum Gasteiger partial charge on any atom is 4.00 e. The van der Waals surface area contributed by atoms with Gasteiger partial charge in [0.25, 0.3) is 0 Å². The summed E-state index contributed by atoms with van der Waals surface area (Å²) >= 11 is 0. The maximum absolute atomic E-state index is 8.52. The molecule has 0 aromatic carbocycles. The minimum absolute atomic E-state index is 0. The summed E-state index contributed by atoms with van der Waals surface area (Å²) in [6.07, 6.45) is 0. The second-order valence-corrected chi connectivity index (χ2v) is 2.45. The fourth-order valence-electron chi connectivity index (χ4n) is 0. The van der Waals surface area contributed by atoms with E-state index in [0.29, 0.717) is 0 Å². The molecule has 0 aliphatic heterocycles. The van der Waals surface area contributed by atoms with Gasteiger partial charge in [0.2, 0.25) is 0 Å². The van der Waals surface area contributed by atoms with Crippen molar-refractivity contribution in [1.29, 1.82) is 0 Å². The van der Waals surface area contributed by atoms with E-state index >= 15 is 0 Å². The van der Waals surface area contributed by atoms with Crippen molar-refractivity contribution < 1.29 is 56.8 Å². The molecule has 0 saturated heterocycles. The zero-order chi connectivity index (χ0) is 15.0. The van der Waals surface area contributed by atoms with Gasteiger partial charge in [-0.25, -0.2) is 0 Å². The largest absolute Gasteiger partial charge is 4.00 e. The van der Waals surface area contributed by atoms with E-state index in [9.17, 15) is 0 Å². The molecule has 0 aromatic rings. The van der Waals surface area contributed by atoms with Crippen molar-refractivity contribution in [3.63, 3.8) is 0 Å². The van der Waals surface area contributed by atoms with E-state index in [1.54, 1.807) is 0 Å². The van der Waals surface area contributed by atoms with Crippen molar-refractivity contribution in [1.82, 2.24) is 0 Å². The maximum atomic E-state index is 8.52. The molecule has 11 heteroatoms. The molecule has 0 rings (SSSR count). The molecule has 0 N–H and O–H groups in total. The average molecular weight is 324 g/mol. The summed E-state index contributed by atoms with van der Waals surface area (Å²) in [6, 6.07) is 0. The van der Waals surface area contributed by atoms with Crippen LogP contribution in [0.2, 0.25) is 0 Å². The fraction of sp³-hybridized carbons (Fsp3) is 0. The summed E-state index contributed by atoms with van der Waals surface area (Å²) in [4.78, 5) is 0. The fourth-order valence-corrected chi connectivity index (χ4v) is 0. The van der Waals surface area contributed by atoms with E-state index in [0.717, 1.165) is 0 Å².